The molecule has 112 valence electrons. The van der Waals surface area contributed by atoms with Crippen LogP contribution in [0.4, 0.5) is 0 Å². The lowest BCUT2D eigenvalue weighted by atomic mass is 10.1. The Bertz CT molecular complexity index is 688. The molecule has 0 aliphatic heterocycles. The smallest absolute Gasteiger partial charge is 0.161 e. The summed E-state index contributed by atoms with van der Waals surface area (Å²) < 4.78 is 11.1. The summed E-state index contributed by atoms with van der Waals surface area (Å²) in [7, 11) is 0. The van der Waals surface area contributed by atoms with Gasteiger partial charge in [0.1, 0.15) is 6.07 Å². The Morgan fingerprint density at radius 1 is 1.14 bits per heavy atom. The first-order valence-corrected chi connectivity index (χ1v) is 7.21. The number of ether oxygens (including phenoxy) is 2. The van der Waals surface area contributed by atoms with Crippen molar-refractivity contribution < 1.29 is 9.47 Å². The van der Waals surface area contributed by atoms with Gasteiger partial charge in [-0.3, -0.25) is 4.98 Å². The van der Waals surface area contributed by atoms with Crippen LogP contribution in [0.1, 0.15) is 25.1 Å². The molecule has 0 saturated carbocycles. The second-order valence-electron chi connectivity index (χ2n) is 4.46. The highest BCUT2D eigenvalue weighted by Gasteiger charge is 2.07. The van der Waals surface area contributed by atoms with E-state index in [1.54, 1.807) is 12.3 Å². The SMILES string of the molecule is CCOc1ccc(C=C(C#N)c2ccccn2)cc1OCC. The van der Waals surface area contributed by atoms with E-state index >= 15 is 0 Å². The summed E-state index contributed by atoms with van der Waals surface area (Å²) in [6, 6.07) is 13.3. The zero-order valence-corrected chi connectivity index (χ0v) is 12.7. The molecule has 2 rings (SSSR count). The van der Waals surface area contributed by atoms with Crippen LogP contribution in [0.2, 0.25) is 0 Å². The molecule has 1 aromatic heterocycles. The standard InChI is InChI=1S/C18H18N2O2/c1-3-21-17-9-8-14(12-18(17)22-4-2)11-15(13-19)16-7-5-6-10-20-16/h5-12H,3-4H2,1-2H3. The van der Waals surface area contributed by atoms with Crippen molar-refractivity contribution in [1.82, 2.24) is 4.98 Å². The highest BCUT2D eigenvalue weighted by Crippen LogP contribution is 2.30. The van der Waals surface area contributed by atoms with Gasteiger partial charge in [-0.05, 0) is 49.8 Å². The first-order chi connectivity index (χ1) is 10.8. The molecule has 0 saturated heterocycles. The van der Waals surface area contributed by atoms with Crippen molar-refractivity contribution in [2.45, 2.75) is 13.8 Å². The van der Waals surface area contributed by atoms with Crippen molar-refractivity contribution in [3.63, 3.8) is 0 Å². The van der Waals surface area contributed by atoms with Gasteiger partial charge in [0.15, 0.2) is 11.5 Å². The number of nitriles is 1. The van der Waals surface area contributed by atoms with Gasteiger partial charge in [-0.2, -0.15) is 5.26 Å². The lowest BCUT2D eigenvalue weighted by Gasteiger charge is -2.11. The van der Waals surface area contributed by atoms with Crippen LogP contribution in [-0.4, -0.2) is 18.2 Å². The lowest BCUT2D eigenvalue weighted by Crippen LogP contribution is -1.98. The van der Waals surface area contributed by atoms with Gasteiger partial charge in [-0.1, -0.05) is 12.1 Å². The van der Waals surface area contributed by atoms with Crippen LogP contribution in [-0.2, 0) is 0 Å². The summed E-state index contributed by atoms with van der Waals surface area (Å²) in [5.41, 5.74) is 2.03. The Kier molecular flexibility index (Phi) is 5.56. The number of pyridine rings is 1. The number of aromatic nitrogens is 1. The molecular formula is C18H18N2O2. The molecule has 0 aliphatic rings. The van der Waals surface area contributed by atoms with Crippen LogP contribution in [0.3, 0.4) is 0 Å². The van der Waals surface area contributed by atoms with E-state index in [-0.39, 0.29) is 0 Å². The van der Waals surface area contributed by atoms with Crippen LogP contribution in [0.5, 0.6) is 11.5 Å². The summed E-state index contributed by atoms with van der Waals surface area (Å²) in [5.74, 6) is 1.38. The number of rotatable bonds is 6. The number of nitrogens with zero attached hydrogens (tertiary/aromatic N) is 2. The molecule has 0 bridgehead atoms. The molecule has 2 aromatic rings. The molecule has 0 amide bonds. The molecule has 0 unspecified atom stereocenters. The topological polar surface area (TPSA) is 55.1 Å². The molecule has 0 N–H and O–H groups in total. The number of hydrogen-bond donors (Lipinski definition) is 0. The molecule has 1 aromatic carbocycles. The highest BCUT2D eigenvalue weighted by atomic mass is 16.5. The van der Waals surface area contributed by atoms with E-state index < -0.39 is 0 Å². The van der Waals surface area contributed by atoms with E-state index in [2.05, 4.69) is 11.1 Å². The molecule has 4 heteroatoms. The van der Waals surface area contributed by atoms with E-state index in [1.807, 2.05) is 50.2 Å². The van der Waals surface area contributed by atoms with E-state index in [1.165, 1.54) is 0 Å². The van der Waals surface area contributed by atoms with E-state index in [9.17, 15) is 5.26 Å². The maximum absolute atomic E-state index is 9.34. The molecule has 4 nitrogen and oxygen atoms in total. The van der Waals surface area contributed by atoms with Crippen molar-refractivity contribution in [2.24, 2.45) is 0 Å². The van der Waals surface area contributed by atoms with Crippen molar-refractivity contribution in [1.29, 1.82) is 5.26 Å². The fourth-order valence-corrected chi connectivity index (χ4v) is 2.01. The van der Waals surface area contributed by atoms with Gasteiger partial charge in [0, 0.05) is 6.20 Å². The Morgan fingerprint density at radius 3 is 2.55 bits per heavy atom. The molecule has 22 heavy (non-hydrogen) atoms. The summed E-state index contributed by atoms with van der Waals surface area (Å²) in [5, 5.41) is 9.34. The minimum absolute atomic E-state index is 0.507. The largest absolute Gasteiger partial charge is 0.490 e. The van der Waals surface area contributed by atoms with Gasteiger partial charge < -0.3 is 9.47 Å². The van der Waals surface area contributed by atoms with Crippen LogP contribution in [0.15, 0.2) is 42.6 Å². The normalized spacial score (nSPS) is 10.9. The van der Waals surface area contributed by atoms with Gasteiger partial charge in [0.2, 0.25) is 0 Å². The average molecular weight is 294 g/mol. The summed E-state index contributed by atoms with van der Waals surface area (Å²) in [6.07, 6.45) is 3.46. The maximum atomic E-state index is 9.34. The molecule has 0 spiro atoms. The third-order valence-corrected chi connectivity index (χ3v) is 2.94. The van der Waals surface area contributed by atoms with Gasteiger partial charge in [0.25, 0.3) is 0 Å². The number of allylic oxidation sites excluding steroid dienone is 1. The Labute approximate surface area is 130 Å². The summed E-state index contributed by atoms with van der Waals surface area (Å²) >= 11 is 0. The zero-order chi connectivity index (χ0) is 15.8. The molecule has 0 fully saturated rings. The van der Waals surface area contributed by atoms with Gasteiger partial charge in [-0.15, -0.1) is 0 Å². The molecule has 0 radical (unpaired) electrons. The van der Waals surface area contributed by atoms with Crippen molar-refractivity contribution in [3.8, 4) is 17.6 Å². The average Bonchev–Trinajstić information content (AvgIpc) is 2.56. The lowest BCUT2D eigenvalue weighted by molar-refractivity contribution is 0.287. The fourth-order valence-electron chi connectivity index (χ4n) is 2.01. The van der Waals surface area contributed by atoms with Gasteiger partial charge in [0.05, 0.1) is 24.5 Å². The molecule has 1 heterocycles. The van der Waals surface area contributed by atoms with Gasteiger partial charge >= 0.3 is 0 Å². The molecular weight excluding hydrogens is 276 g/mol. The summed E-state index contributed by atoms with van der Waals surface area (Å²) in [4.78, 5) is 4.21. The van der Waals surface area contributed by atoms with Crippen molar-refractivity contribution >= 4 is 11.6 Å². The second kappa shape index (κ2) is 7.84. The highest BCUT2D eigenvalue weighted by molar-refractivity contribution is 5.88. The van der Waals surface area contributed by atoms with Crippen LogP contribution in [0, 0.1) is 11.3 Å². The predicted molar refractivity (Wildman–Crippen MR) is 86.5 cm³/mol. The van der Waals surface area contributed by atoms with Crippen molar-refractivity contribution in [3.05, 3.63) is 53.9 Å². The van der Waals surface area contributed by atoms with E-state index in [0.717, 1.165) is 5.56 Å². The third-order valence-electron chi connectivity index (χ3n) is 2.94. The quantitative estimate of drug-likeness (QED) is 0.757. The first kappa shape index (κ1) is 15.6. The zero-order valence-electron chi connectivity index (χ0n) is 12.7. The summed E-state index contributed by atoms with van der Waals surface area (Å²) in [6.45, 7) is 4.98. The predicted octanol–water partition coefficient (Wildman–Crippen LogP) is 3.94. The van der Waals surface area contributed by atoms with E-state index in [4.69, 9.17) is 9.47 Å². The Balaban J connectivity index is 2.37. The monoisotopic (exact) mass is 294 g/mol. The second-order valence-corrected chi connectivity index (χ2v) is 4.46. The number of benzene rings is 1. The minimum Gasteiger partial charge on any atom is -0.490 e. The molecule has 0 atom stereocenters. The number of hydrogen-bond acceptors (Lipinski definition) is 4. The fraction of sp³-hybridized carbons (Fsp3) is 0.222. The van der Waals surface area contributed by atoms with Crippen molar-refractivity contribution in [2.75, 3.05) is 13.2 Å². The Hall–Kier alpha value is -2.80. The minimum atomic E-state index is 0.507. The third kappa shape index (κ3) is 3.86. The van der Waals surface area contributed by atoms with Gasteiger partial charge in [-0.25, -0.2) is 0 Å². The maximum Gasteiger partial charge on any atom is 0.161 e. The first-order valence-electron chi connectivity index (χ1n) is 7.21. The van der Waals surface area contributed by atoms with Crippen LogP contribution < -0.4 is 9.47 Å². The molecule has 0 aliphatic carbocycles. The van der Waals surface area contributed by atoms with Crippen LogP contribution in [0.25, 0.3) is 11.6 Å². The Morgan fingerprint density at radius 2 is 1.91 bits per heavy atom. The van der Waals surface area contributed by atoms with E-state index in [0.29, 0.717) is 36.0 Å². The van der Waals surface area contributed by atoms with Crippen LogP contribution >= 0.6 is 0 Å².